The van der Waals surface area contributed by atoms with Crippen LogP contribution in [0.3, 0.4) is 0 Å². The quantitative estimate of drug-likeness (QED) is 0.555. The highest BCUT2D eigenvalue weighted by atomic mass is 32.2. The van der Waals surface area contributed by atoms with Crippen LogP contribution in [0.1, 0.15) is 43.6 Å². The van der Waals surface area contributed by atoms with Gasteiger partial charge in [0.05, 0.1) is 16.9 Å². The van der Waals surface area contributed by atoms with E-state index in [1.807, 2.05) is 0 Å². The lowest BCUT2D eigenvalue weighted by Gasteiger charge is -2.43. The first kappa shape index (κ1) is 23.8. The van der Waals surface area contributed by atoms with E-state index < -0.39 is 23.8 Å². The smallest absolute Gasteiger partial charge is 0.326 e. The second-order valence-corrected chi connectivity index (χ2v) is 12.5. The largest absolute Gasteiger partial charge is 0.480 e. The summed E-state index contributed by atoms with van der Waals surface area (Å²) in [7, 11) is 0. The maximum Gasteiger partial charge on any atom is 0.326 e. The Balaban J connectivity index is 1.41. The first-order valence-corrected chi connectivity index (χ1v) is 14.3. The number of anilines is 1. The molecule has 2 N–H and O–H groups in total. The van der Waals surface area contributed by atoms with E-state index in [2.05, 4.69) is 48.0 Å². The van der Waals surface area contributed by atoms with Crippen LogP contribution < -0.4 is 9.77 Å². The molecule has 2 bridgehead atoms. The van der Waals surface area contributed by atoms with Gasteiger partial charge in [-0.1, -0.05) is 23.5 Å². The average molecular weight is 528 g/mol. The number of rotatable bonds is 6. The zero-order valence-corrected chi connectivity index (χ0v) is 22.0. The Morgan fingerprint density at radius 1 is 1.11 bits per heavy atom. The molecule has 2 saturated carbocycles. The molecule has 3 fully saturated rings. The zero-order valence-electron chi connectivity index (χ0n) is 20.3. The van der Waals surface area contributed by atoms with Crippen molar-refractivity contribution < 1.29 is 19.5 Å². The van der Waals surface area contributed by atoms with Crippen LogP contribution in [-0.4, -0.2) is 57.2 Å². The molecule has 4 aliphatic rings. The van der Waals surface area contributed by atoms with Crippen molar-refractivity contribution in [2.24, 2.45) is 29.6 Å². The summed E-state index contributed by atoms with van der Waals surface area (Å²) in [6.07, 6.45) is 0.789. The number of hydrogen-bond acceptors (Lipinski definition) is 7. The number of nitrogens with one attached hydrogen (secondary N) is 1. The van der Waals surface area contributed by atoms with Crippen LogP contribution in [0, 0.1) is 29.6 Å². The minimum absolute atomic E-state index is 0.00792. The first-order chi connectivity index (χ1) is 17.3. The number of likely N-dealkylation sites (tertiary alicyclic amines) is 1. The molecule has 0 radical (unpaired) electrons. The number of aliphatic carboxylic acids is 1. The molecule has 1 aromatic carbocycles. The Bertz CT molecular complexity index is 1300. The Morgan fingerprint density at radius 2 is 1.75 bits per heavy atom. The molecule has 2 aliphatic heterocycles. The van der Waals surface area contributed by atoms with E-state index in [9.17, 15) is 24.3 Å². The molecule has 8 atom stereocenters. The van der Waals surface area contributed by atoms with E-state index in [-0.39, 0.29) is 45.6 Å². The number of fused-ring (bicyclic) bond motifs is 9. The number of thiazole rings is 1. The van der Waals surface area contributed by atoms with Gasteiger partial charge in [-0.05, 0) is 62.6 Å². The highest BCUT2D eigenvalue weighted by molar-refractivity contribution is 8.00. The average Bonchev–Trinajstić information content (AvgIpc) is 3.58. The molecule has 8 nitrogen and oxygen atoms in total. The third-order valence-electron chi connectivity index (χ3n) is 8.88. The summed E-state index contributed by atoms with van der Waals surface area (Å²) >= 11 is 2.88. The van der Waals surface area contributed by atoms with Gasteiger partial charge in [0, 0.05) is 34.8 Å². The van der Waals surface area contributed by atoms with Gasteiger partial charge in [0.2, 0.25) is 11.8 Å². The summed E-state index contributed by atoms with van der Waals surface area (Å²) in [5.74, 6) is -2.72. The molecule has 6 rings (SSSR count). The minimum Gasteiger partial charge on any atom is -0.480 e. The molecule has 0 spiro atoms. The lowest BCUT2D eigenvalue weighted by atomic mass is 9.68. The number of amides is 2. The normalized spacial score (nSPS) is 32.9. The van der Waals surface area contributed by atoms with Crippen molar-refractivity contribution >= 4 is 46.6 Å². The zero-order chi connectivity index (χ0) is 25.5. The summed E-state index contributed by atoms with van der Waals surface area (Å²) < 4.78 is 0. The Hall–Kier alpha value is -2.59. The number of H-pyrrole nitrogens is 1. The molecular weight excluding hydrogens is 498 g/mol. The number of nitrogens with zero attached hydrogens (tertiary/aromatic N) is 2. The number of carbonyl (C=O) groups excluding carboxylic acids is 2. The van der Waals surface area contributed by atoms with Gasteiger partial charge in [-0.3, -0.25) is 19.3 Å². The Morgan fingerprint density at radius 3 is 2.36 bits per heavy atom. The number of imide groups is 1. The van der Waals surface area contributed by atoms with Gasteiger partial charge >= 0.3 is 10.8 Å². The van der Waals surface area contributed by atoms with Gasteiger partial charge in [-0.25, -0.2) is 4.79 Å². The van der Waals surface area contributed by atoms with Gasteiger partial charge in [0.15, 0.2) is 0 Å². The van der Waals surface area contributed by atoms with Gasteiger partial charge in [-0.2, -0.15) is 0 Å². The Kier molecular flexibility index (Phi) is 5.60. The maximum absolute atomic E-state index is 13.5. The summed E-state index contributed by atoms with van der Waals surface area (Å²) in [4.78, 5) is 58.1. The molecule has 1 aromatic heterocycles. The number of aromatic amines is 1. The molecule has 1 saturated heterocycles. The molecule has 10 heteroatoms. The monoisotopic (exact) mass is 527 g/mol. The molecular formula is C26H29N3O5S2. The summed E-state index contributed by atoms with van der Waals surface area (Å²) in [6, 6.07) is 7.38. The summed E-state index contributed by atoms with van der Waals surface area (Å²) in [5, 5.41) is 10.5. The van der Waals surface area contributed by atoms with Crippen molar-refractivity contribution in [3.8, 4) is 0 Å². The number of benzene rings is 1. The molecule has 190 valence electrons. The van der Waals surface area contributed by atoms with Crippen molar-refractivity contribution in [1.29, 1.82) is 0 Å². The molecule has 2 amide bonds. The third kappa shape index (κ3) is 3.19. The molecule has 0 unspecified atom stereocenters. The number of thioether (sulfide) groups is 1. The molecule has 2 aliphatic carbocycles. The number of aromatic nitrogens is 1. The van der Waals surface area contributed by atoms with Crippen molar-refractivity contribution in [2.45, 2.75) is 49.4 Å². The van der Waals surface area contributed by atoms with Gasteiger partial charge in [0.1, 0.15) is 6.04 Å². The lowest BCUT2D eigenvalue weighted by molar-refractivity contribution is -0.154. The van der Waals surface area contributed by atoms with Crippen LogP contribution in [0.4, 0.5) is 5.69 Å². The maximum atomic E-state index is 13.5. The van der Waals surface area contributed by atoms with Gasteiger partial charge in [0.25, 0.3) is 0 Å². The highest BCUT2D eigenvalue weighted by Gasteiger charge is 2.70. The van der Waals surface area contributed by atoms with E-state index >= 15 is 0 Å². The van der Waals surface area contributed by atoms with E-state index in [1.165, 1.54) is 18.3 Å². The number of carboxylic acids is 1. The van der Waals surface area contributed by atoms with Crippen molar-refractivity contribution in [3.63, 3.8) is 0 Å². The Labute approximate surface area is 217 Å². The summed E-state index contributed by atoms with van der Waals surface area (Å²) in [6.45, 7) is 7.50. The third-order valence-corrected chi connectivity index (χ3v) is 11.5. The van der Waals surface area contributed by atoms with Crippen LogP contribution in [-0.2, 0) is 14.4 Å². The van der Waals surface area contributed by atoms with Crippen LogP contribution in [0.5, 0.6) is 0 Å². The van der Waals surface area contributed by atoms with Crippen LogP contribution in [0.2, 0.25) is 0 Å². The van der Waals surface area contributed by atoms with E-state index in [1.54, 1.807) is 11.8 Å². The second-order valence-electron chi connectivity index (χ2n) is 10.3. The van der Waals surface area contributed by atoms with Crippen LogP contribution in [0.25, 0.3) is 0 Å². The molecule has 3 heterocycles. The standard InChI is InChI=1S/C26H29N3O5S2/c1-4-28(5-2)13-8-6-12(7-9-13)16-17-14-10-15(20(17)35-22-21(16)36-26(34)27-22)19-18(14)23(30)29(24(19)31)11(3)25(32)33/h6-9,11,14-20H,4-5,10H2,1-3H3,(H,27,34)(H,32,33)/t11-,14-,15+,16+,17+,18+,19+,20-/m1/s1. The van der Waals surface area contributed by atoms with E-state index in [0.717, 1.165) is 45.6 Å². The fourth-order valence-electron chi connectivity index (χ4n) is 7.39. The predicted octanol–water partition coefficient (Wildman–Crippen LogP) is 3.23. The summed E-state index contributed by atoms with van der Waals surface area (Å²) in [5.41, 5.74) is 2.27. The number of hydrogen-bond donors (Lipinski definition) is 2. The lowest BCUT2D eigenvalue weighted by Crippen LogP contribution is -2.44. The predicted molar refractivity (Wildman–Crippen MR) is 137 cm³/mol. The van der Waals surface area contributed by atoms with Crippen molar-refractivity contribution in [1.82, 2.24) is 9.88 Å². The van der Waals surface area contributed by atoms with Crippen LogP contribution in [0.15, 0.2) is 34.1 Å². The van der Waals surface area contributed by atoms with Gasteiger partial charge in [-0.15, -0.1) is 11.8 Å². The topological polar surface area (TPSA) is 111 Å². The van der Waals surface area contributed by atoms with Crippen molar-refractivity contribution in [2.75, 3.05) is 18.0 Å². The second kappa shape index (κ2) is 8.48. The SMILES string of the molecule is CCN(CC)c1ccc([C@@H]2c3sc(=O)[nH]c3S[C@@H]3[C@H]4C[C@@H]([C@@H]5C(=O)N([C@H](C)C(=O)O)C(=O)[C@@H]45)[C@@H]23)cc1. The molecule has 36 heavy (non-hydrogen) atoms. The number of carboxylic acid groups (broad SMARTS) is 1. The van der Waals surface area contributed by atoms with Crippen LogP contribution >= 0.6 is 23.1 Å². The van der Waals surface area contributed by atoms with Crippen molar-refractivity contribution in [3.05, 3.63) is 44.4 Å². The van der Waals surface area contributed by atoms with E-state index in [4.69, 9.17) is 0 Å². The number of carbonyl (C=O) groups is 3. The fourth-order valence-corrected chi connectivity index (χ4v) is 10.3. The van der Waals surface area contributed by atoms with E-state index in [0.29, 0.717) is 0 Å². The van der Waals surface area contributed by atoms with Gasteiger partial charge < -0.3 is 15.0 Å². The first-order valence-electron chi connectivity index (χ1n) is 12.6. The fraction of sp³-hybridized carbons (Fsp3) is 0.538. The molecule has 2 aromatic rings. The minimum atomic E-state index is -1.17. The highest BCUT2D eigenvalue weighted by Crippen LogP contribution is 2.68.